The Kier molecular flexibility index (Phi) is 9.15. The average Bonchev–Trinajstić information content (AvgIpc) is 3.74. The number of hydrogen-bond donors (Lipinski definition) is 5. The van der Waals surface area contributed by atoms with Crippen molar-refractivity contribution in [3.05, 3.63) is 69.2 Å². The Morgan fingerprint density at radius 1 is 1.04 bits per heavy atom. The molecular formula is C30H28BrClN6O9. The maximum atomic E-state index is 12.0. The molecular weight excluding hydrogens is 704 g/mol. The van der Waals surface area contributed by atoms with Crippen molar-refractivity contribution in [3.8, 4) is 22.7 Å². The highest BCUT2D eigenvalue weighted by atomic mass is 79.9. The molecule has 0 radical (unpaired) electrons. The predicted molar refractivity (Wildman–Crippen MR) is 168 cm³/mol. The van der Waals surface area contributed by atoms with Crippen molar-refractivity contribution in [3.63, 3.8) is 0 Å². The molecule has 1 saturated heterocycles. The van der Waals surface area contributed by atoms with E-state index in [1.807, 2.05) is 19.1 Å². The number of aryl methyl sites for hydroxylation is 1. The number of aliphatic hydroxyl groups is 3. The number of aliphatic carboxylic acids is 1. The highest BCUT2D eigenvalue weighted by Gasteiger charge is 2.48. The molecule has 0 aliphatic carbocycles. The first-order chi connectivity index (χ1) is 22.5. The lowest BCUT2D eigenvalue weighted by atomic mass is 9.97. The molecule has 1 aliphatic rings. The molecule has 47 heavy (non-hydrogen) atoms. The van der Waals surface area contributed by atoms with Crippen molar-refractivity contribution in [1.29, 1.82) is 0 Å². The van der Waals surface area contributed by atoms with Crippen LogP contribution in [0.25, 0.3) is 33.7 Å². The molecule has 3 aromatic heterocycles. The second-order valence-electron chi connectivity index (χ2n) is 11.0. The lowest BCUT2D eigenvalue weighted by Crippen LogP contribution is -2.58. The summed E-state index contributed by atoms with van der Waals surface area (Å²) in [6.07, 6.45) is -6.61. The normalized spacial score (nSPS) is 21.4. The number of unbranched alkanes of at least 4 members (excludes halogenated alkanes) is 1. The van der Waals surface area contributed by atoms with Gasteiger partial charge in [0.15, 0.2) is 29.0 Å². The van der Waals surface area contributed by atoms with E-state index >= 15 is 0 Å². The molecule has 1 fully saturated rings. The Bertz CT molecular complexity index is 1980. The van der Waals surface area contributed by atoms with Gasteiger partial charge >= 0.3 is 11.9 Å². The molecule has 5 atom stereocenters. The minimum Gasteiger partial charge on any atom is -0.479 e. The first-order valence-corrected chi connectivity index (χ1v) is 15.7. The van der Waals surface area contributed by atoms with E-state index in [2.05, 4.69) is 36.4 Å². The van der Waals surface area contributed by atoms with Crippen LogP contribution < -0.4 is 0 Å². The summed E-state index contributed by atoms with van der Waals surface area (Å²) in [4.78, 5) is 28.0. The Morgan fingerprint density at radius 3 is 2.49 bits per heavy atom. The summed E-state index contributed by atoms with van der Waals surface area (Å²) in [7, 11) is 0. The summed E-state index contributed by atoms with van der Waals surface area (Å²) >= 11 is 9.88. The number of ether oxygens (including phenoxy) is 1. The van der Waals surface area contributed by atoms with E-state index < -0.39 is 42.6 Å². The number of carbonyl (C=O) groups is 2. The molecule has 4 heterocycles. The Labute approximate surface area is 279 Å². The number of aliphatic hydroxyl groups excluding tert-OH is 3. The van der Waals surface area contributed by atoms with Crippen LogP contribution in [0.5, 0.6) is 0 Å². The van der Waals surface area contributed by atoms with Crippen molar-refractivity contribution >= 4 is 50.4 Å². The third-order valence-electron chi connectivity index (χ3n) is 7.97. The average molecular weight is 732 g/mol. The zero-order valence-electron chi connectivity index (χ0n) is 24.6. The van der Waals surface area contributed by atoms with E-state index in [9.17, 15) is 35.1 Å². The molecule has 0 saturated carbocycles. The Morgan fingerprint density at radius 2 is 1.79 bits per heavy atom. The van der Waals surface area contributed by atoms with Gasteiger partial charge in [-0.25, -0.2) is 14.6 Å². The van der Waals surface area contributed by atoms with Gasteiger partial charge in [-0.15, -0.1) is 5.10 Å². The zero-order chi connectivity index (χ0) is 33.6. The number of aromatic carboxylic acids is 1. The van der Waals surface area contributed by atoms with Gasteiger partial charge in [0.05, 0.1) is 4.47 Å². The number of aromatic nitrogens is 6. The molecule has 5 aromatic rings. The second-order valence-corrected chi connectivity index (χ2v) is 12.1. The van der Waals surface area contributed by atoms with Gasteiger partial charge in [0.2, 0.25) is 0 Å². The standard InChI is InChI=1S/C30H28BrClN6O9/c1-2-3-8-18-33-26(32)20(29(42)43)37(18)12-13-9-10-17-16(11-13)19(31)24(46-17)14-6-4-5-7-15(14)27-34-35-36-38(27)28-23(41)21(39)22(40)25(47-28)30(44)45/h4-7,9-11,21-23,25,28,39-41H,2-3,8,12H2,1H3,(H,42,43)(H,44,45)/t21-,22-,23+,25-,28+/m0/s1. The van der Waals surface area contributed by atoms with Gasteiger partial charge in [-0.1, -0.05) is 55.3 Å². The number of halogens is 2. The topological polar surface area (TPSA) is 219 Å². The highest BCUT2D eigenvalue weighted by molar-refractivity contribution is 9.10. The molecule has 6 rings (SSSR count). The van der Waals surface area contributed by atoms with Crippen molar-refractivity contribution in [2.24, 2.45) is 0 Å². The summed E-state index contributed by atoms with van der Waals surface area (Å²) in [5, 5.41) is 62.9. The monoisotopic (exact) mass is 730 g/mol. The highest BCUT2D eigenvalue weighted by Crippen LogP contribution is 2.42. The van der Waals surface area contributed by atoms with Crippen LogP contribution in [0.4, 0.5) is 0 Å². The van der Waals surface area contributed by atoms with Gasteiger partial charge in [0, 0.05) is 29.5 Å². The molecule has 246 valence electrons. The summed E-state index contributed by atoms with van der Waals surface area (Å²) in [6.45, 7) is 2.24. The number of nitrogens with zero attached hydrogens (tertiary/aromatic N) is 6. The zero-order valence-corrected chi connectivity index (χ0v) is 26.9. The maximum Gasteiger partial charge on any atom is 0.355 e. The fourth-order valence-corrected chi connectivity index (χ4v) is 6.51. The summed E-state index contributed by atoms with van der Waals surface area (Å²) in [5.74, 6) is -1.68. The van der Waals surface area contributed by atoms with E-state index in [0.717, 1.165) is 23.1 Å². The van der Waals surface area contributed by atoms with Crippen LogP contribution >= 0.6 is 27.5 Å². The predicted octanol–water partition coefficient (Wildman–Crippen LogP) is 3.52. The van der Waals surface area contributed by atoms with Crippen LogP contribution in [0.15, 0.2) is 51.4 Å². The number of imidazole rings is 1. The number of fused-ring (bicyclic) bond motifs is 1. The lowest BCUT2D eigenvalue weighted by Gasteiger charge is -2.38. The van der Waals surface area contributed by atoms with Gasteiger partial charge in [-0.05, 0) is 50.5 Å². The first-order valence-electron chi connectivity index (χ1n) is 14.5. The number of carboxylic acids is 2. The molecule has 5 N–H and O–H groups in total. The summed E-state index contributed by atoms with van der Waals surface area (Å²) in [5.41, 5.74) is 2.14. The smallest absolute Gasteiger partial charge is 0.355 e. The van der Waals surface area contributed by atoms with Gasteiger partial charge < -0.3 is 39.3 Å². The van der Waals surface area contributed by atoms with Crippen molar-refractivity contribution in [2.75, 3.05) is 0 Å². The molecule has 0 spiro atoms. The molecule has 1 aliphatic heterocycles. The quantitative estimate of drug-likeness (QED) is 0.139. The van der Waals surface area contributed by atoms with Crippen molar-refractivity contribution in [2.45, 2.75) is 63.4 Å². The maximum absolute atomic E-state index is 12.0. The number of hydrogen-bond acceptors (Lipinski definition) is 11. The largest absolute Gasteiger partial charge is 0.479 e. The Balaban J connectivity index is 1.38. The third-order valence-corrected chi connectivity index (χ3v) is 9.02. The molecule has 15 nitrogen and oxygen atoms in total. The van der Waals surface area contributed by atoms with E-state index in [4.69, 9.17) is 20.8 Å². The number of carboxylic acid groups (broad SMARTS) is 2. The SMILES string of the molecule is CCCCc1nc(Cl)c(C(=O)O)n1Cc1ccc2oc(-c3ccccc3-c3nnnn3[C@@H]3O[C@H](C(=O)O)[C@@H](O)[C@H](O)[C@H]3O)c(Br)c2c1. The second kappa shape index (κ2) is 13.1. The van der Waals surface area contributed by atoms with Crippen LogP contribution in [-0.4, -0.2) is 91.6 Å². The number of rotatable bonds is 10. The van der Waals surface area contributed by atoms with E-state index in [-0.39, 0.29) is 23.2 Å². The molecule has 2 aromatic carbocycles. The summed E-state index contributed by atoms with van der Waals surface area (Å²) < 4.78 is 15.0. The van der Waals surface area contributed by atoms with Crippen molar-refractivity contribution in [1.82, 2.24) is 29.8 Å². The van der Waals surface area contributed by atoms with Gasteiger partial charge in [-0.3, -0.25) is 0 Å². The number of benzene rings is 2. The molecule has 0 bridgehead atoms. The minimum absolute atomic E-state index is 0.0585. The minimum atomic E-state index is -1.88. The van der Waals surface area contributed by atoms with Crippen LogP contribution in [0.3, 0.4) is 0 Å². The van der Waals surface area contributed by atoms with Gasteiger partial charge in [0.25, 0.3) is 0 Å². The van der Waals surface area contributed by atoms with Crippen LogP contribution in [-0.2, 0) is 22.5 Å². The fourth-order valence-electron chi connectivity index (χ4n) is 5.62. The van der Waals surface area contributed by atoms with E-state index in [0.29, 0.717) is 44.6 Å². The molecule has 0 amide bonds. The third kappa shape index (κ3) is 5.92. The molecule has 0 unspecified atom stereocenters. The summed E-state index contributed by atoms with van der Waals surface area (Å²) in [6, 6.07) is 12.4. The van der Waals surface area contributed by atoms with Gasteiger partial charge in [-0.2, -0.15) is 4.68 Å². The van der Waals surface area contributed by atoms with Gasteiger partial charge in [0.1, 0.15) is 35.5 Å². The molecule has 17 heteroatoms. The van der Waals surface area contributed by atoms with Crippen LogP contribution in [0.1, 0.15) is 47.9 Å². The Hall–Kier alpha value is -4.19. The fraction of sp³-hybridized carbons (Fsp3) is 0.333. The van der Waals surface area contributed by atoms with Crippen LogP contribution in [0.2, 0.25) is 5.15 Å². The van der Waals surface area contributed by atoms with E-state index in [1.165, 1.54) is 0 Å². The van der Waals surface area contributed by atoms with E-state index in [1.54, 1.807) is 34.9 Å². The number of furan rings is 1. The lowest BCUT2D eigenvalue weighted by molar-refractivity contribution is -0.249. The van der Waals surface area contributed by atoms with Crippen molar-refractivity contribution < 1.29 is 44.3 Å². The van der Waals surface area contributed by atoms with Crippen LogP contribution in [0, 0.1) is 0 Å². The first kappa shape index (κ1) is 32.7. The number of tetrazole rings is 1.